The standard InChI is InChI=1S/C18H28N4O3S/c1-12(2)22(3)18(23)14-6-4-13(5-7-14)11-21-26(24,25)15-8-9-16(19)17(20)10-15/h8-14H,4-7,19-20H2,1-3H3/b21-11+. The van der Waals surface area contributed by atoms with Crippen molar-refractivity contribution < 1.29 is 13.2 Å². The van der Waals surface area contributed by atoms with Crippen LogP contribution in [0.4, 0.5) is 11.4 Å². The number of benzene rings is 1. The summed E-state index contributed by atoms with van der Waals surface area (Å²) in [5.74, 6) is 0.241. The minimum absolute atomic E-state index is 0.0144. The molecule has 1 amide bonds. The Morgan fingerprint density at radius 1 is 1.19 bits per heavy atom. The van der Waals surface area contributed by atoms with Gasteiger partial charge in [0.15, 0.2) is 0 Å². The maximum atomic E-state index is 12.4. The largest absolute Gasteiger partial charge is 0.397 e. The van der Waals surface area contributed by atoms with Crippen LogP contribution in [0.1, 0.15) is 39.5 Å². The summed E-state index contributed by atoms with van der Waals surface area (Å²) in [5.41, 5.74) is 11.8. The summed E-state index contributed by atoms with van der Waals surface area (Å²) in [4.78, 5) is 14.2. The molecule has 0 saturated heterocycles. The number of carbonyl (C=O) groups is 1. The van der Waals surface area contributed by atoms with Gasteiger partial charge in [-0.2, -0.15) is 12.8 Å². The third kappa shape index (κ3) is 4.75. The van der Waals surface area contributed by atoms with E-state index in [0.717, 1.165) is 25.7 Å². The van der Waals surface area contributed by atoms with Crippen LogP contribution in [-0.2, 0) is 14.8 Å². The predicted octanol–water partition coefficient (Wildman–Crippen LogP) is 2.28. The van der Waals surface area contributed by atoms with Gasteiger partial charge in [-0.25, -0.2) is 0 Å². The first-order valence-corrected chi connectivity index (χ1v) is 10.3. The Balaban J connectivity index is 1.98. The zero-order valence-electron chi connectivity index (χ0n) is 15.6. The van der Waals surface area contributed by atoms with Crippen molar-refractivity contribution in [1.29, 1.82) is 0 Å². The topological polar surface area (TPSA) is 119 Å². The Labute approximate surface area is 155 Å². The van der Waals surface area contributed by atoms with Crippen LogP contribution in [-0.4, -0.2) is 38.5 Å². The Hall–Kier alpha value is -2.09. The van der Waals surface area contributed by atoms with Crippen molar-refractivity contribution in [2.24, 2.45) is 16.2 Å². The van der Waals surface area contributed by atoms with E-state index < -0.39 is 10.0 Å². The summed E-state index contributed by atoms with van der Waals surface area (Å²) in [7, 11) is -1.97. The molecule has 4 N–H and O–H groups in total. The Kier molecular flexibility index (Phi) is 6.28. The lowest BCUT2D eigenvalue weighted by Crippen LogP contribution is -2.39. The van der Waals surface area contributed by atoms with Crippen molar-refractivity contribution in [3.63, 3.8) is 0 Å². The van der Waals surface area contributed by atoms with Crippen molar-refractivity contribution in [2.75, 3.05) is 18.5 Å². The van der Waals surface area contributed by atoms with E-state index in [2.05, 4.69) is 4.40 Å². The lowest BCUT2D eigenvalue weighted by molar-refractivity contribution is -0.136. The lowest BCUT2D eigenvalue weighted by Gasteiger charge is -2.31. The second kappa shape index (κ2) is 8.07. The van der Waals surface area contributed by atoms with Gasteiger partial charge in [0, 0.05) is 25.2 Å². The fraction of sp³-hybridized carbons (Fsp3) is 0.556. The fourth-order valence-electron chi connectivity index (χ4n) is 3.00. The molecule has 0 heterocycles. The number of hydrogen-bond acceptors (Lipinski definition) is 5. The number of amides is 1. The molecule has 7 nitrogen and oxygen atoms in total. The molecule has 0 aliphatic heterocycles. The maximum absolute atomic E-state index is 12.4. The van der Waals surface area contributed by atoms with Gasteiger partial charge >= 0.3 is 0 Å². The Bertz CT molecular complexity index is 782. The molecule has 0 atom stereocenters. The van der Waals surface area contributed by atoms with E-state index in [-0.39, 0.29) is 34.4 Å². The number of nitrogens with zero attached hydrogens (tertiary/aromatic N) is 2. The predicted molar refractivity (Wildman–Crippen MR) is 104 cm³/mol. The molecular formula is C18H28N4O3S. The Morgan fingerprint density at radius 2 is 1.81 bits per heavy atom. The van der Waals surface area contributed by atoms with Crippen LogP contribution < -0.4 is 11.5 Å². The average Bonchev–Trinajstić information content (AvgIpc) is 2.61. The third-order valence-electron chi connectivity index (χ3n) is 5.01. The van der Waals surface area contributed by atoms with Gasteiger partial charge in [-0.05, 0) is 63.6 Å². The molecule has 8 heteroatoms. The first kappa shape index (κ1) is 20.2. The molecule has 1 fully saturated rings. The summed E-state index contributed by atoms with van der Waals surface area (Å²) in [6, 6.07) is 4.36. The summed E-state index contributed by atoms with van der Waals surface area (Å²) >= 11 is 0. The molecule has 0 radical (unpaired) electrons. The number of rotatable bonds is 5. The van der Waals surface area contributed by atoms with Crippen molar-refractivity contribution in [2.45, 2.75) is 50.5 Å². The molecular weight excluding hydrogens is 352 g/mol. The van der Waals surface area contributed by atoms with Crippen molar-refractivity contribution in [1.82, 2.24) is 4.90 Å². The monoisotopic (exact) mass is 380 g/mol. The maximum Gasteiger partial charge on any atom is 0.282 e. The molecule has 1 aliphatic rings. The molecule has 1 aromatic carbocycles. The fourth-order valence-corrected chi connectivity index (χ4v) is 3.97. The second-order valence-corrected chi connectivity index (χ2v) is 8.81. The van der Waals surface area contributed by atoms with Gasteiger partial charge in [0.05, 0.1) is 16.3 Å². The highest BCUT2D eigenvalue weighted by atomic mass is 32.2. The minimum Gasteiger partial charge on any atom is -0.397 e. The molecule has 0 unspecified atom stereocenters. The van der Waals surface area contributed by atoms with Gasteiger partial charge in [-0.1, -0.05) is 0 Å². The molecule has 26 heavy (non-hydrogen) atoms. The van der Waals surface area contributed by atoms with E-state index >= 15 is 0 Å². The van der Waals surface area contributed by atoms with Crippen molar-refractivity contribution >= 4 is 33.5 Å². The van der Waals surface area contributed by atoms with E-state index in [0.29, 0.717) is 5.69 Å². The zero-order valence-corrected chi connectivity index (χ0v) is 16.4. The van der Waals surface area contributed by atoms with E-state index in [9.17, 15) is 13.2 Å². The van der Waals surface area contributed by atoms with Crippen LogP contribution in [0.15, 0.2) is 27.5 Å². The molecule has 1 aromatic rings. The summed E-state index contributed by atoms with van der Waals surface area (Å²) in [5, 5.41) is 0. The molecule has 1 aliphatic carbocycles. The zero-order chi connectivity index (χ0) is 19.5. The van der Waals surface area contributed by atoms with Gasteiger partial charge in [0.25, 0.3) is 10.0 Å². The van der Waals surface area contributed by atoms with Gasteiger partial charge in [0.1, 0.15) is 0 Å². The minimum atomic E-state index is -3.79. The van der Waals surface area contributed by atoms with E-state index in [4.69, 9.17) is 11.5 Å². The highest BCUT2D eigenvalue weighted by Crippen LogP contribution is 2.30. The molecule has 0 bridgehead atoms. The van der Waals surface area contributed by atoms with Crippen LogP contribution in [0.5, 0.6) is 0 Å². The highest BCUT2D eigenvalue weighted by molar-refractivity contribution is 7.90. The van der Waals surface area contributed by atoms with Gasteiger partial charge in [-0.3, -0.25) is 4.79 Å². The molecule has 0 aromatic heterocycles. The molecule has 144 valence electrons. The number of nitrogens with two attached hydrogens (primary N) is 2. The third-order valence-corrected chi connectivity index (χ3v) is 6.26. The van der Waals surface area contributed by atoms with Gasteiger partial charge < -0.3 is 16.4 Å². The SMILES string of the molecule is CC(C)N(C)C(=O)C1CCC(/C=N/S(=O)(=O)c2ccc(N)c(N)c2)CC1. The normalized spacial score (nSPS) is 21.2. The Morgan fingerprint density at radius 3 is 2.35 bits per heavy atom. The van der Waals surface area contributed by atoms with Crippen LogP contribution in [0, 0.1) is 11.8 Å². The smallest absolute Gasteiger partial charge is 0.282 e. The number of anilines is 2. The van der Waals surface area contributed by atoms with E-state index in [1.807, 2.05) is 20.9 Å². The number of sulfonamides is 1. The van der Waals surface area contributed by atoms with Crippen LogP contribution in [0.3, 0.4) is 0 Å². The van der Waals surface area contributed by atoms with Crippen LogP contribution in [0.25, 0.3) is 0 Å². The second-order valence-electron chi connectivity index (χ2n) is 7.17. The van der Waals surface area contributed by atoms with Crippen molar-refractivity contribution in [3.8, 4) is 0 Å². The van der Waals surface area contributed by atoms with Crippen LogP contribution >= 0.6 is 0 Å². The highest BCUT2D eigenvalue weighted by Gasteiger charge is 2.28. The summed E-state index contributed by atoms with van der Waals surface area (Å²) in [6.45, 7) is 3.98. The first-order valence-electron chi connectivity index (χ1n) is 8.84. The summed E-state index contributed by atoms with van der Waals surface area (Å²) in [6.07, 6.45) is 4.51. The molecule has 0 spiro atoms. The average molecular weight is 381 g/mol. The first-order chi connectivity index (χ1) is 12.1. The quantitative estimate of drug-likeness (QED) is 0.600. The number of hydrogen-bond donors (Lipinski definition) is 2. The molecule has 1 saturated carbocycles. The van der Waals surface area contributed by atoms with Gasteiger partial charge in [0.2, 0.25) is 5.91 Å². The van der Waals surface area contributed by atoms with Crippen molar-refractivity contribution in [3.05, 3.63) is 18.2 Å². The van der Waals surface area contributed by atoms with E-state index in [1.165, 1.54) is 24.4 Å². The molecule has 2 rings (SSSR count). The number of carbonyl (C=O) groups excluding carboxylic acids is 1. The summed E-state index contributed by atoms with van der Waals surface area (Å²) < 4.78 is 28.4. The van der Waals surface area contributed by atoms with Crippen LogP contribution in [0.2, 0.25) is 0 Å². The van der Waals surface area contributed by atoms with Gasteiger partial charge in [-0.15, -0.1) is 0 Å². The van der Waals surface area contributed by atoms with E-state index in [1.54, 1.807) is 4.90 Å². The lowest BCUT2D eigenvalue weighted by atomic mass is 9.82. The number of nitrogen functional groups attached to an aromatic ring is 2.